The molecule has 1 heterocycles. The van der Waals surface area contributed by atoms with Gasteiger partial charge in [-0.1, -0.05) is 22.0 Å². The third-order valence-electron chi connectivity index (χ3n) is 2.34. The van der Waals surface area contributed by atoms with Crippen LogP contribution in [0, 0.1) is 21.4 Å². The van der Waals surface area contributed by atoms with Crippen LogP contribution in [0.3, 0.4) is 0 Å². The number of nitriles is 1. The van der Waals surface area contributed by atoms with Gasteiger partial charge in [-0.05, 0) is 27.6 Å². The maximum atomic E-state index is 10.5. The molecule has 0 saturated heterocycles. The maximum Gasteiger partial charge on any atom is 0.381 e. The quantitative estimate of drug-likeness (QED) is 0.644. The Kier molecular flexibility index (Phi) is 3.39. The molecule has 0 fully saturated rings. The molecule has 0 unspecified atom stereocenters. The molecular formula is C11H7BrN4O2. The van der Waals surface area contributed by atoms with E-state index in [0.717, 1.165) is 10.0 Å². The fraction of sp³-hybridized carbons (Fsp3) is 0.0909. The Morgan fingerprint density at radius 1 is 1.56 bits per heavy atom. The van der Waals surface area contributed by atoms with Crippen LogP contribution in [0.1, 0.15) is 11.1 Å². The summed E-state index contributed by atoms with van der Waals surface area (Å²) >= 11 is 3.36. The minimum absolute atomic E-state index is 0.181. The lowest BCUT2D eigenvalue weighted by Gasteiger charge is -2.04. The summed E-state index contributed by atoms with van der Waals surface area (Å²) in [7, 11) is 0. The fourth-order valence-corrected chi connectivity index (χ4v) is 1.98. The van der Waals surface area contributed by atoms with Crippen LogP contribution in [0.4, 0.5) is 5.82 Å². The summed E-state index contributed by atoms with van der Waals surface area (Å²) < 4.78 is 2.41. The van der Waals surface area contributed by atoms with Crippen LogP contribution in [0.5, 0.6) is 0 Å². The highest BCUT2D eigenvalue weighted by Gasteiger charge is 2.10. The number of hydrogen-bond acceptors (Lipinski definition) is 4. The summed E-state index contributed by atoms with van der Waals surface area (Å²) in [5.41, 5.74) is 1.48. The predicted octanol–water partition coefficient (Wildman–Crippen LogP) is 2.47. The first-order valence-electron chi connectivity index (χ1n) is 4.95. The summed E-state index contributed by atoms with van der Waals surface area (Å²) in [6.07, 6.45) is 2.77. The largest absolute Gasteiger partial charge is 0.381 e. The van der Waals surface area contributed by atoms with Gasteiger partial charge in [-0.15, -0.1) is 0 Å². The second-order valence-corrected chi connectivity index (χ2v) is 4.43. The van der Waals surface area contributed by atoms with Crippen molar-refractivity contribution in [2.45, 2.75) is 6.54 Å². The van der Waals surface area contributed by atoms with Gasteiger partial charge < -0.3 is 14.7 Å². The number of nitrogens with zero attached hydrogens (tertiary/aromatic N) is 4. The van der Waals surface area contributed by atoms with Gasteiger partial charge in [0, 0.05) is 4.47 Å². The first-order valence-corrected chi connectivity index (χ1v) is 5.74. The van der Waals surface area contributed by atoms with Crippen LogP contribution in [0.15, 0.2) is 35.2 Å². The molecule has 1 aromatic heterocycles. The lowest BCUT2D eigenvalue weighted by atomic mass is 10.1. The smallest absolute Gasteiger partial charge is 0.358 e. The number of aromatic nitrogens is 2. The summed E-state index contributed by atoms with van der Waals surface area (Å²) in [6, 6.07) is 7.25. The summed E-state index contributed by atoms with van der Waals surface area (Å²) in [6.45, 7) is 0.452. The topological polar surface area (TPSA) is 84.8 Å². The van der Waals surface area contributed by atoms with E-state index in [1.165, 1.54) is 12.5 Å². The van der Waals surface area contributed by atoms with Crippen LogP contribution < -0.4 is 0 Å². The van der Waals surface area contributed by atoms with Crippen molar-refractivity contribution in [1.29, 1.82) is 5.26 Å². The molecule has 7 heteroatoms. The Morgan fingerprint density at radius 2 is 2.33 bits per heavy atom. The number of hydrogen-bond donors (Lipinski definition) is 0. The van der Waals surface area contributed by atoms with Crippen molar-refractivity contribution in [3.63, 3.8) is 0 Å². The second-order valence-electron chi connectivity index (χ2n) is 3.58. The van der Waals surface area contributed by atoms with E-state index < -0.39 is 4.92 Å². The molecule has 2 rings (SSSR count). The number of imidazole rings is 1. The van der Waals surface area contributed by atoms with Crippen molar-refractivity contribution in [1.82, 2.24) is 9.55 Å². The fourth-order valence-electron chi connectivity index (χ4n) is 1.47. The molecular weight excluding hydrogens is 300 g/mol. The first-order chi connectivity index (χ1) is 8.60. The number of halogens is 1. The van der Waals surface area contributed by atoms with Crippen LogP contribution in [0.2, 0.25) is 0 Å². The van der Waals surface area contributed by atoms with Gasteiger partial charge in [0.2, 0.25) is 6.33 Å². The second kappa shape index (κ2) is 4.98. The molecule has 0 atom stereocenters. The summed E-state index contributed by atoms with van der Waals surface area (Å²) in [5, 5.41) is 19.2. The Hall–Kier alpha value is -2.20. The van der Waals surface area contributed by atoms with Crippen LogP contribution in [-0.4, -0.2) is 14.5 Å². The number of benzene rings is 1. The van der Waals surface area contributed by atoms with E-state index in [9.17, 15) is 10.1 Å². The van der Waals surface area contributed by atoms with Gasteiger partial charge in [-0.25, -0.2) is 0 Å². The van der Waals surface area contributed by atoms with E-state index in [1.807, 2.05) is 6.07 Å². The van der Waals surface area contributed by atoms with Crippen molar-refractivity contribution in [3.05, 3.63) is 56.4 Å². The van der Waals surface area contributed by atoms with E-state index in [1.54, 1.807) is 22.8 Å². The molecule has 0 aliphatic carbocycles. The predicted molar refractivity (Wildman–Crippen MR) is 66.8 cm³/mol. The highest BCUT2D eigenvalue weighted by atomic mass is 79.9. The average molecular weight is 307 g/mol. The van der Waals surface area contributed by atoms with Gasteiger partial charge in [0.05, 0.1) is 18.2 Å². The van der Waals surface area contributed by atoms with Gasteiger partial charge in [-0.3, -0.25) is 0 Å². The standard InChI is InChI=1S/C11H7BrN4O2/c12-10-3-8(4-13)1-2-9(10)5-15-6-11(14-7-15)16(17)18/h1-3,6-7H,5H2. The monoisotopic (exact) mass is 306 g/mol. The normalized spacial score (nSPS) is 10.0. The van der Waals surface area contributed by atoms with Crippen molar-refractivity contribution in [3.8, 4) is 6.07 Å². The SMILES string of the molecule is N#Cc1ccc(Cn2cnc([N+](=O)[O-])c2)c(Br)c1. The lowest BCUT2D eigenvalue weighted by Crippen LogP contribution is -1.97. The maximum absolute atomic E-state index is 10.5. The highest BCUT2D eigenvalue weighted by Crippen LogP contribution is 2.20. The molecule has 90 valence electrons. The van der Waals surface area contributed by atoms with Crippen LogP contribution >= 0.6 is 15.9 Å². The number of rotatable bonds is 3. The van der Waals surface area contributed by atoms with Crippen molar-refractivity contribution >= 4 is 21.7 Å². The Balaban J connectivity index is 2.23. The van der Waals surface area contributed by atoms with E-state index in [-0.39, 0.29) is 5.82 Å². The Bertz CT molecular complexity index is 645. The van der Waals surface area contributed by atoms with Crippen molar-refractivity contribution in [2.24, 2.45) is 0 Å². The first kappa shape index (κ1) is 12.3. The van der Waals surface area contributed by atoms with Gasteiger partial charge in [0.15, 0.2) is 0 Å². The molecule has 0 spiro atoms. The molecule has 0 saturated carbocycles. The third kappa shape index (κ3) is 2.55. The molecule has 0 N–H and O–H groups in total. The third-order valence-corrected chi connectivity index (χ3v) is 3.08. The Labute approximate surface area is 111 Å². The zero-order valence-corrected chi connectivity index (χ0v) is 10.7. The molecule has 0 aliphatic heterocycles. The van der Waals surface area contributed by atoms with E-state index >= 15 is 0 Å². The van der Waals surface area contributed by atoms with E-state index in [2.05, 4.69) is 20.9 Å². The van der Waals surface area contributed by atoms with E-state index in [0.29, 0.717) is 12.1 Å². The molecule has 2 aromatic rings. The minimum Gasteiger partial charge on any atom is -0.358 e. The van der Waals surface area contributed by atoms with Crippen LogP contribution in [0.25, 0.3) is 0 Å². The summed E-state index contributed by atoms with van der Waals surface area (Å²) in [5.74, 6) is -0.181. The van der Waals surface area contributed by atoms with Gasteiger partial charge in [0.25, 0.3) is 0 Å². The van der Waals surface area contributed by atoms with Crippen molar-refractivity contribution < 1.29 is 4.92 Å². The lowest BCUT2D eigenvalue weighted by molar-refractivity contribution is -0.389. The minimum atomic E-state index is -0.537. The molecule has 18 heavy (non-hydrogen) atoms. The molecule has 0 aliphatic rings. The number of nitro groups is 1. The van der Waals surface area contributed by atoms with Crippen LogP contribution in [-0.2, 0) is 6.54 Å². The van der Waals surface area contributed by atoms with E-state index in [4.69, 9.17) is 5.26 Å². The molecule has 6 nitrogen and oxygen atoms in total. The Morgan fingerprint density at radius 3 is 2.89 bits per heavy atom. The van der Waals surface area contributed by atoms with Gasteiger partial charge in [0.1, 0.15) is 6.20 Å². The molecule has 1 aromatic carbocycles. The molecule has 0 bridgehead atoms. The molecule has 0 radical (unpaired) electrons. The van der Waals surface area contributed by atoms with Crippen molar-refractivity contribution in [2.75, 3.05) is 0 Å². The average Bonchev–Trinajstić information content (AvgIpc) is 2.80. The molecule has 0 amide bonds. The van der Waals surface area contributed by atoms with Gasteiger partial charge >= 0.3 is 5.82 Å². The zero-order chi connectivity index (χ0) is 13.1. The zero-order valence-electron chi connectivity index (χ0n) is 9.08. The summed E-state index contributed by atoms with van der Waals surface area (Å²) in [4.78, 5) is 13.6. The highest BCUT2D eigenvalue weighted by molar-refractivity contribution is 9.10. The van der Waals surface area contributed by atoms with Gasteiger partial charge in [-0.2, -0.15) is 5.26 Å².